The molecular weight excluding hydrogens is 328 g/mol. The molecule has 0 aliphatic heterocycles. The van der Waals surface area contributed by atoms with Crippen LogP contribution in [0.4, 0.5) is 0 Å². The first-order chi connectivity index (χ1) is 12.7. The van der Waals surface area contributed by atoms with E-state index >= 15 is 0 Å². The van der Waals surface area contributed by atoms with Crippen LogP contribution < -0.4 is 0 Å². The molecule has 2 aromatic carbocycles. The van der Waals surface area contributed by atoms with Gasteiger partial charge in [-0.15, -0.1) is 0 Å². The third kappa shape index (κ3) is 3.81. The molecule has 0 atom stereocenters. The number of carboxylic acids is 1. The molecule has 4 rings (SSSR count). The second-order valence-electron chi connectivity index (χ2n) is 6.64. The van der Waals surface area contributed by atoms with E-state index in [1.165, 1.54) is 24.7 Å². The van der Waals surface area contributed by atoms with Gasteiger partial charge in [-0.3, -0.25) is 4.90 Å². The Bertz CT molecular complexity index is 869. The fraction of sp³-hybridized carbons (Fsp3) is 0.250. The van der Waals surface area contributed by atoms with E-state index in [4.69, 9.17) is 5.11 Å². The standard InChI is InChI=1S/C20H20N4O2/c25-20(26)17-5-1-15(2-6-17)11-23(18-9-10-18)12-16-3-7-19(8-4-16)24-14-21-13-22-24/h1-8,13-14,18H,9-12H2,(H,25,26). The average molecular weight is 348 g/mol. The van der Waals surface area contributed by atoms with Gasteiger partial charge in [0.05, 0.1) is 11.3 Å². The van der Waals surface area contributed by atoms with Crippen molar-refractivity contribution < 1.29 is 9.90 Å². The van der Waals surface area contributed by atoms with Gasteiger partial charge in [0, 0.05) is 19.1 Å². The van der Waals surface area contributed by atoms with Gasteiger partial charge in [-0.2, -0.15) is 5.10 Å². The summed E-state index contributed by atoms with van der Waals surface area (Å²) in [5.74, 6) is -0.886. The molecule has 6 nitrogen and oxygen atoms in total. The molecule has 1 heterocycles. The number of aromatic nitrogens is 3. The van der Waals surface area contributed by atoms with Crippen LogP contribution in [0.3, 0.4) is 0 Å². The molecule has 1 aromatic heterocycles. The van der Waals surface area contributed by atoms with Crippen LogP contribution in [0.2, 0.25) is 0 Å². The molecule has 132 valence electrons. The zero-order valence-corrected chi connectivity index (χ0v) is 14.3. The third-order valence-electron chi connectivity index (χ3n) is 4.66. The molecule has 1 aliphatic carbocycles. The van der Waals surface area contributed by atoms with Crippen molar-refractivity contribution >= 4 is 5.97 Å². The van der Waals surface area contributed by atoms with Crippen molar-refractivity contribution in [3.05, 3.63) is 77.9 Å². The second kappa shape index (κ2) is 7.09. The first kappa shape index (κ1) is 16.5. The minimum absolute atomic E-state index is 0.329. The van der Waals surface area contributed by atoms with E-state index in [1.807, 2.05) is 12.1 Å². The van der Waals surface area contributed by atoms with Crippen molar-refractivity contribution in [3.63, 3.8) is 0 Å². The van der Waals surface area contributed by atoms with Crippen LogP contribution in [0.15, 0.2) is 61.2 Å². The minimum Gasteiger partial charge on any atom is -0.478 e. The van der Waals surface area contributed by atoms with Gasteiger partial charge in [-0.05, 0) is 48.2 Å². The zero-order chi connectivity index (χ0) is 17.9. The SMILES string of the molecule is O=C(O)c1ccc(CN(Cc2ccc(-n3cncn3)cc2)C2CC2)cc1. The molecular formula is C20H20N4O2. The molecule has 3 aromatic rings. The number of benzene rings is 2. The molecule has 26 heavy (non-hydrogen) atoms. The molecule has 6 heteroatoms. The van der Waals surface area contributed by atoms with Crippen LogP contribution >= 0.6 is 0 Å². The van der Waals surface area contributed by atoms with Gasteiger partial charge in [0.1, 0.15) is 12.7 Å². The highest BCUT2D eigenvalue weighted by Gasteiger charge is 2.28. The second-order valence-corrected chi connectivity index (χ2v) is 6.64. The number of rotatable bonds is 7. The lowest BCUT2D eigenvalue weighted by molar-refractivity contribution is 0.0697. The number of nitrogens with zero attached hydrogens (tertiary/aromatic N) is 4. The summed E-state index contributed by atoms with van der Waals surface area (Å²) in [5, 5.41) is 13.2. The predicted molar refractivity (Wildman–Crippen MR) is 97.0 cm³/mol. The van der Waals surface area contributed by atoms with Crippen molar-refractivity contribution in [1.29, 1.82) is 0 Å². The van der Waals surface area contributed by atoms with Crippen LogP contribution in [-0.4, -0.2) is 36.8 Å². The molecule has 0 amide bonds. The molecule has 1 aliphatic rings. The van der Waals surface area contributed by atoms with E-state index < -0.39 is 5.97 Å². The molecule has 0 radical (unpaired) electrons. The van der Waals surface area contributed by atoms with Gasteiger partial charge in [0.15, 0.2) is 0 Å². The average Bonchev–Trinajstić information content (AvgIpc) is 3.36. The number of carbonyl (C=O) groups is 1. The van der Waals surface area contributed by atoms with Gasteiger partial charge in [-0.25, -0.2) is 14.5 Å². The summed E-state index contributed by atoms with van der Waals surface area (Å²) in [4.78, 5) is 17.4. The van der Waals surface area contributed by atoms with Crippen molar-refractivity contribution in [1.82, 2.24) is 19.7 Å². The van der Waals surface area contributed by atoms with Gasteiger partial charge >= 0.3 is 5.97 Å². The monoisotopic (exact) mass is 348 g/mol. The lowest BCUT2D eigenvalue weighted by Crippen LogP contribution is -2.25. The van der Waals surface area contributed by atoms with E-state index in [2.05, 4.69) is 39.2 Å². The number of hydrogen-bond donors (Lipinski definition) is 1. The lowest BCUT2D eigenvalue weighted by Gasteiger charge is -2.22. The smallest absolute Gasteiger partial charge is 0.335 e. The molecule has 0 unspecified atom stereocenters. The van der Waals surface area contributed by atoms with Gasteiger partial charge in [0.25, 0.3) is 0 Å². The first-order valence-corrected chi connectivity index (χ1v) is 8.69. The summed E-state index contributed by atoms with van der Waals surface area (Å²) in [6, 6.07) is 16.1. The van der Waals surface area contributed by atoms with E-state index in [0.717, 1.165) is 24.3 Å². The number of aromatic carboxylic acids is 1. The summed E-state index contributed by atoms with van der Waals surface area (Å²) in [6.45, 7) is 1.71. The molecule has 0 spiro atoms. The Hall–Kier alpha value is -2.99. The van der Waals surface area contributed by atoms with E-state index in [-0.39, 0.29) is 0 Å². The summed E-state index contributed by atoms with van der Waals surface area (Å²) in [7, 11) is 0. The van der Waals surface area contributed by atoms with Crippen LogP contribution in [0, 0.1) is 0 Å². The highest BCUT2D eigenvalue weighted by atomic mass is 16.4. The van der Waals surface area contributed by atoms with E-state index in [9.17, 15) is 4.79 Å². The lowest BCUT2D eigenvalue weighted by atomic mass is 10.1. The summed E-state index contributed by atoms with van der Waals surface area (Å²) < 4.78 is 1.74. The predicted octanol–water partition coefficient (Wildman–Crippen LogP) is 3.13. The fourth-order valence-electron chi connectivity index (χ4n) is 3.07. The summed E-state index contributed by atoms with van der Waals surface area (Å²) in [5.41, 5.74) is 3.72. The largest absolute Gasteiger partial charge is 0.478 e. The van der Waals surface area contributed by atoms with Gasteiger partial charge < -0.3 is 5.11 Å². The van der Waals surface area contributed by atoms with Crippen molar-refractivity contribution in [2.75, 3.05) is 0 Å². The maximum Gasteiger partial charge on any atom is 0.335 e. The number of hydrogen-bond acceptors (Lipinski definition) is 4. The number of carboxylic acid groups (broad SMARTS) is 1. The third-order valence-corrected chi connectivity index (χ3v) is 4.66. The molecule has 0 saturated heterocycles. The Morgan fingerprint density at radius 3 is 2.15 bits per heavy atom. The molecule has 1 saturated carbocycles. The van der Waals surface area contributed by atoms with Crippen LogP contribution in [0.5, 0.6) is 0 Å². The van der Waals surface area contributed by atoms with Crippen molar-refractivity contribution in [3.8, 4) is 5.69 Å². The Labute approximate surface area is 151 Å². The molecule has 0 bridgehead atoms. The Morgan fingerprint density at radius 2 is 1.65 bits per heavy atom. The van der Waals surface area contributed by atoms with E-state index in [0.29, 0.717) is 11.6 Å². The van der Waals surface area contributed by atoms with Gasteiger partial charge in [0.2, 0.25) is 0 Å². The normalized spacial score (nSPS) is 13.9. The quantitative estimate of drug-likeness (QED) is 0.710. The molecule has 1 N–H and O–H groups in total. The summed E-state index contributed by atoms with van der Waals surface area (Å²) in [6.07, 6.45) is 5.67. The first-order valence-electron chi connectivity index (χ1n) is 8.69. The highest BCUT2D eigenvalue weighted by Crippen LogP contribution is 2.30. The van der Waals surface area contributed by atoms with Crippen molar-refractivity contribution in [2.45, 2.75) is 32.0 Å². The molecule has 1 fully saturated rings. The van der Waals surface area contributed by atoms with Gasteiger partial charge in [-0.1, -0.05) is 24.3 Å². The fourth-order valence-corrected chi connectivity index (χ4v) is 3.07. The highest BCUT2D eigenvalue weighted by molar-refractivity contribution is 5.87. The van der Waals surface area contributed by atoms with E-state index in [1.54, 1.807) is 23.1 Å². The van der Waals surface area contributed by atoms with Crippen LogP contribution in [0.1, 0.15) is 34.3 Å². The topological polar surface area (TPSA) is 71.2 Å². The Morgan fingerprint density at radius 1 is 1.04 bits per heavy atom. The minimum atomic E-state index is -0.886. The van der Waals surface area contributed by atoms with Crippen LogP contribution in [0.25, 0.3) is 5.69 Å². The van der Waals surface area contributed by atoms with Crippen molar-refractivity contribution in [2.24, 2.45) is 0 Å². The Kier molecular flexibility index (Phi) is 4.50. The summed E-state index contributed by atoms with van der Waals surface area (Å²) >= 11 is 0. The zero-order valence-electron chi connectivity index (χ0n) is 14.3. The van der Waals surface area contributed by atoms with Crippen LogP contribution in [-0.2, 0) is 13.1 Å². The maximum absolute atomic E-state index is 11.0. The maximum atomic E-state index is 11.0. The Balaban J connectivity index is 1.44.